The summed E-state index contributed by atoms with van der Waals surface area (Å²) in [6.07, 6.45) is -2.67. The highest BCUT2D eigenvalue weighted by atomic mass is 32.1. The Morgan fingerprint density at radius 2 is 2.16 bits per heavy atom. The average molecular weight is 282 g/mol. The van der Waals surface area contributed by atoms with Gasteiger partial charge < -0.3 is 10.1 Å². The number of aromatic hydroxyl groups is 1. The maximum absolute atomic E-state index is 13.1. The van der Waals surface area contributed by atoms with E-state index in [2.05, 4.69) is 9.97 Å². The fourth-order valence-corrected chi connectivity index (χ4v) is 3.20. The number of pyridine rings is 2. The molecule has 0 fully saturated rings. The van der Waals surface area contributed by atoms with E-state index in [1.165, 1.54) is 6.07 Å². The Bertz CT molecular complexity index is 854. The molecule has 0 saturated carbocycles. The zero-order valence-corrected chi connectivity index (χ0v) is 10.5. The lowest BCUT2D eigenvalue weighted by Gasteiger charge is -2.03. The van der Waals surface area contributed by atoms with Crippen LogP contribution in [0.15, 0.2) is 16.9 Å². The number of halogens is 2. The van der Waals surface area contributed by atoms with E-state index in [1.54, 1.807) is 6.92 Å². The number of H-pyrrole nitrogens is 1. The quantitative estimate of drug-likeness (QED) is 0.720. The third kappa shape index (κ3) is 1.77. The molecule has 4 nitrogen and oxygen atoms in total. The number of thiophene rings is 1. The molecule has 0 unspecified atom stereocenters. The average Bonchev–Trinajstić information content (AvgIpc) is 2.66. The second kappa shape index (κ2) is 3.99. The normalized spacial score (nSPS) is 11.8. The van der Waals surface area contributed by atoms with Gasteiger partial charge >= 0.3 is 0 Å². The van der Waals surface area contributed by atoms with Gasteiger partial charge in [0.05, 0.1) is 10.2 Å². The van der Waals surface area contributed by atoms with Crippen molar-refractivity contribution < 1.29 is 13.9 Å². The maximum Gasteiger partial charge on any atom is 0.264 e. The predicted octanol–water partition coefficient (Wildman–Crippen LogP) is 3.09. The maximum atomic E-state index is 13.1. The van der Waals surface area contributed by atoms with Gasteiger partial charge in [-0.05, 0) is 13.0 Å². The highest BCUT2D eigenvalue weighted by molar-refractivity contribution is 7.25. The van der Waals surface area contributed by atoms with Crippen LogP contribution in [0, 0.1) is 6.92 Å². The van der Waals surface area contributed by atoms with E-state index in [9.17, 15) is 18.7 Å². The van der Waals surface area contributed by atoms with Gasteiger partial charge in [-0.3, -0.25) is 4.79 Å². The summed E-state index contributed by atoms with van der Waals surface area (Å²) in [5.41, 5.74) is -0.0375. The molecule has 0 bridgehead atoms. The van der Waals surface area contributed by atoms with Crippen molar-refractivity contribution in [3.8, 4) is 5.75 Å². The monoisotopic (exact) mass is 282 g/mol. The van der Waals surface area contributed by atoms with Gasteiger partial charge in [0.2, 0.25) is 0 Å². The van der Waals surface area contributed by atoms with Crippen LogP contribution in [0.2, 0.25) is 0 Å². The summed E-state index contributed by atoms with van der Waals surface area (Å²) in [4.78, 5) is 18.4. The predicted molar refractivity (Wildman–Crippen MR) is 69.1 cm³/mol. The minimum atomic E-state index is -2.67. The van der Waals surface area contributed by atoms with Crippen LogP contribution in [-0.2, 0) is 0 Å². The fourth-order valence-electron chi connectivity index (χ4n) is 2.08. The number of fused-ring (bicyclic) bond motifs is 3. The van der Waals surface area contributed by atoms with Crippen molar-refractivity contribution >= 4 is 31.8 Å². The second-order valence-electron chi connectivity index (χ2n) is 4.16. The molecular formula is C12H8F2N2O2S. The highest BCUT2D eigenvalue weighted by Gasteiger charge is 2.20. The molecule has 98 valence electrons. The first-order valence-corrected chi connectivity index (χ1v) is 6.23. The third-order valence-electron chi connectivity index (χ3n) is 2.80. The second-order valence-corrected chi connectivity index (χ2v) is 5.16. The van der Waals surface area contributed by atoms with Crippen molar-refractivity contribution in [3.63, 3.8) is 0 Å². The summed E-state index contributed by atoms with van der Waals surface area (Å²) >= 11 is 1.08. The molecule has 0 atom stereocenters. The van der Waals surface area contributed by atoms with Gasteiger partial charge in [0.15, 0.2) is 0 Å². The molecule has 0 aliphatic heterocycles. The Morgan fingerprint density at radius 3 is 2.84 bits per heavy atom. The van der Waals surface area contributed by atoms with Gasteiger partial charge in [0.25, 0.3) is 12.0 Å². The van der Waals surface area contributed by atoms with Gasteiger partial charge in [-0.2, -0.15) is 0 Å². The first-order chi connectivity index (χ1) is 8.97. The van der Waals surface area contributed by atoms with Crippen molar-refractivity contribution in [1.29, 1.82) is 0 Å². The lowest BCUT2D eigenvalue weighted by atomic mass is 10.1. The molecule has 2 N–H and O–H groups in total. The largest absolute Gasteiger partial charge is 0.506 e. The standard InChI is InChI=1S/C12H8F2N2O2S/c1-4-2-5(11(13)14)8-9-10(19-12(8)15-4)6(17)3-7(18)16-9/h2-3,11H,1H3,(H2,16,17,18). The van der Waals surface area contributed by atoms with E-state index in [4.69, 9.17) is 0 Å². The Kier molecular flexibility index (Phi) is 2.53. The minimum Gasteiger partial charge on any atom is -0.506 e. The van der Waals surface area contributed by atoms with Crippen LogP contribution >= 0.6 is 11.3 Å². The van der Waals surface area contributed by atoms with Crippen LogP contribution in [0.4, 0.5) is 8.78 Å². The summed E-state index contributed by atoms with van der Waals surface area (Å²) in [5, 5.41) is 9.93. The number of alkyl halides is 2. The van der Waals surface area contributed by atoms with Crippen LogP contribution < -0.4 is 5.56 Å². The van der Waals surface area contributed by atoms with Crippen LogP contribution in [0.5, 0.6) is 5.75 Å². The molecule has 0 aliphatic rings. The Hall–Kier alpha value is -2.02. The lowest BCUT2D eigenvalue weighted by Crippen LogP contribution is -2.02. The number of aromatic nitrogens is 2. The first kappa shape index (κ1) is 12.0. The molecule has 0 spiro atoms. The van der Waals surface area contributed by atoms with Gasteiger partial charge in [-0.25, -0.2) is 13.8 Å². The topological polar surface area (TPSA) is 66.0 Å². The van der Waals surface area contributed by atoms with E-state index in [0.717, 1.165) is 17.4 Å². The summed E-state index contributed by atoms with van der Waals surface area (Å²) in [5.74, 6) is -0.223. The third-order valence-corrected chi connectivity index (χ3v) is 3.91. The Balaban J connectivity index is 2.60. The summed E-state index contributed by atoms with van der Waals surface area (Å²) in [6.45, 7) is 1.62. The van der Waals surface area contributed by atoms with Crippen LogP contribution in [-0.4, -0.2) is 15.1 Å². The van der Waals surface area contributed by atoms with Gasteiger partial charge in [0, 0.05) is 22.7 Å². The molecule has 3 aromatic rings. The van der Waals surface area contributed by atoms with Crippen LogP contribution in [0.25, 0.3) is 20.4 Å². The Morgan fingerprint density at radius 1 is 1.42 bits per heavy atom. The fraction of sp³-hybridized carbons (Fsp3) is 0.167. The smallest absolute Gasteiger partial charge is 0.264 e. The van der Waals surface area contributed by atoms with Gasteiger partial charge in [-0.15, -0.1) is 11.3 Å². The Labute approximate surface area is 109 Å². The van der Waals surface area contributed by atoms with E-state index in [0.29, 0.717) is 15.2 Å². The van der Waals surface area contributed by atoms with E-state index < -0.39 is 12.0 Å². The molecule has 19 heavy (non-hydrogen) atoms. The molecule has 0 amide bonds. The molecule has 3 rings (SSSR count). The molecular weight excluding hydrogens is 274 g/mol. The van der Waals surface area contributed by atoms with Crippen LogP contribution in [0.1, 0.15) is 17.7 Å². The highest BCUT2D eigenvalue weighted by Crippen LogP contribution is 2.40. The molecule has 0 saturated heterocycles. The summed E-state index contributed by atoms with van der Waals surface area (Å²) in [7, 11) is 0. The zero-order chi connectivity index (χ0) is 13.7. The first-order valence-electron chi connectivity index (χ1n) is 5.41. The number of rotatable bonds is 1. The molecule has 0 radical (unpaired) electrons. The summed E-state index contributed by atoms with van der Waals surface area (Å²) in [6, 6.07) is 2.31. The van der Waals surface area contributed by atoms with Crippen molar-refractivity contribution in [1.82, 2.24) is 9.97 Å². The number of nitrogens with zero attached hydrogens (tertiary/aromatic N) is 1. The van der Waals surface area contributed by atoms with Gasteiger partial charge in [-0.1, -0.05) is 0 Å². The van der Waals surface area contributed by atoms with E-state index >= 15 is 0 Å². The van der Waals surface area contributed by atoms with Crippen molar-refractivity contribution in [3.05, 3.63) is 33.7 Å². The molecule has 0 aliphatic carbocycles. The van der Waals surface area contributed by atoms with Gasteiger partial charge in [0.1, 0.15) is 10.6 Å². The number of nitrogens with one attached hydrogen (secondary N) is 1. The van der Waals surface area contributed by atoms with Crippen molar-refractivity contribution in [2.24, 2.45) is 0 Å². The molecule has 7 heteroatoms. The number of aryl methyl sites for hydroxylation is 1. The van der Waals surface area contributed by atoms with Crippen LogP contribution in [0.3, 0.4) is 0 Å². The SMILES string of the molecule is Cc1cc(C(F)F)c2c(n1)sc1c(O)cc(=O)[nH]c12. The number of hydrogen-bond acceptors (Lipinski definition) is 4. The minimum absolute atomic E-state index is 0.185. The number of hydrogen-bond donors (Lipinski definition) is 2. The number of aromatic amines is 1. The molecule has 0 aromatic carbocycles. The molecule has 3 heterocycles. The molecule has 3 aromatic heterocycles. The van der Waals surface area contributed by atoms with E-state index in [1.807, 2.05) is 0 Å². The zero-order valence-electron chi connectivity index (χ0n) is 9.70. The summed E-state index contributed by atoms with van der Waals surface area (Å²) < 4.78 is 26.6. The van der Waals surface area contributed by atoms with E-state index in [-0.39, 0.29) is 22.2 Å². The van der Waals surface area contributed by atoms with Crippen molar-refractivity contribution in [2.45, 2.75) is 13.3 Å². The van der Waals surface area contributed by atoms with Crippen molar-refractivity contribution in [2.75, 3.05) is 0 Å². The lowest BCUT2D eigenvalue weighted by molar-refractivity contribution is 0.153.